The minimum atomic E-state index is -2.55. The Kier molecular flexibility index (Phi) is 2.86. The first-order chi connectivity index (χ1) is 5.58. The summed E-state index contributed by atoms with van der Waals surface area (Å²) in [6.07, 6.45) is 0. The summed E-state index contributed by atoms with van der Waals surface area (Å²) in [6, 6.07) is 3.41. The molecule has 0 saturated heterocycles. The van der Waals surface area contributed by atoms with Gasteiger partial charge < -0.3 is 5.73 Å². The Morgan fingerprint density at radius 3 is 2.42 bits per heavy atom. The molecule has 1 aromatic rings. The van der Waals surface area contributed by atoms with Crippen LogP contribution in [0.2, 0.25) is 0 Å². The molecule has 66 valence electrons. The third kappa shape index (κ3) is 2.65. The van der Waals surface area contributed by atoms with Gasteiger partial charge >= 0.3 is 0 Å². The van der Waals surface area contributed by atoms with Gasteiger partial charge in [-0.2, -0.15) is 8.78 Å². The van der Waals surface area contributed by atoms with Crippen molar-refractivity contribution in [3.63, 3.8) is 0 Å². The first kappa shape index (κ1) is 9.25. The van der Waals surface area contributed by atoms with Crippen molar-refractivity contribution in [3.8, 4) is 0 Å². The van der Waals surface area contributed by atoms with Gasteiger partial charge in [0, 0.05) is 10.6 Å². The van der Waals surface area contributed by atoms with Crippen LogP contribution in [0, 0.1) is 5.82 Å². The van der Waals surface area contributed by atoms with E-state index in [1.165, 1.54) is 6.07 Å². The van der Waals surface area contributed by atoms with E-state index in [1.807, 2.05) is 0 Å². The lowest BCUT2D eigenvalue weighted by atomic mass is 10.3. The standard InChI is InChI=1S/C7H6F3NS/c8-4-1-5(11)3-6(2-4)12-7(9)10/h1-3,7H,11H2. The maximum atomic E-state index is 12.5. The minimum Gasteiger partial charge on any atom is -0.399 e. The molecule has 1 rings (SSSR count). The molecular weight excluding hydrogens is 187 g/mol. The second-order valence-electron chi connectivity index (χ2n) is 2.10. The van der Waals surface area contributed by atoms with Crippen molar-refractivity contribution in [3.05, 3.63) is 24.0 Å². The number of hydrogen-bond donors (Lipinski definition) is 1. The number of nitrogen functional groups attached to an aromatic ring is 1. The molecule has 0 heterocycles. The zero-order chi connectivity index (χ0) is 9.14. The van der Waals surface area contributed by atoms with E-state index < -0.39 is 11.6 Å². The summed E-state index contributed by atoms with van der Waals surface area (Å²) in [5.41, 5.74) is 5.39. The van der Waals surface area contributed by atoms with Crippen LogP contribution in [-0.2, 0) is 0 Å². The van der Waals surface area contributed by atoms with Crippen LogP contribution in [0.15, 0.2) is 23.1 Å². The molecule has 0 aromatic heterocycles. The molecule has 0 fully saturated rings. The SMILES string of the molecule is Nc1cc(F)cc(SC(F)F)c1. The Hall–Kier alpha value is -0.840. The molecule has 0 aliphatic carbocycles. The van der Waals surface area contributed by atoms with Crippen molar-refractivity contribution >= 4 is 17.4 Å². The number of hydrogen-bond acceptors (Lipinski definition) is 2. The first-order valence-electron chi connectivity index (χ1n) is 3.09. The summed E-state index contributed by atoms with van der Waals surface area (Å²) in [5, 5.41) is 0. The fraction of sp³-hybridized carbons (Fsp3) is 0.143. The molecule has 0 radical (unpaired) electrons. The van der Waals surface area contributed by atoms with Gasteiger partial charge in [-0.3, -0.25) is 0 Å². The number of rotatable bonds is 2. The fourth-order valence-corrected chi connectivity index (χ4v) is 1.35. The van der Waals surface area contributed by atoms with E-state index in [-0.39, 0.29) is 22.3 Å². The number of thioether (sulfide) groups is 1. The summed E-state index contributed by atoms with van der Waals surface area (Å²) in [7, 11) is 0. The van der Waals surface area contributed by atoms with Gasteiger partial charge in [-0.25, -0.2) is 4.39 Å². The molecule has 0 amide bonds. The quantitative estimate of drug-likeness (QED) is 0.577. The maximum Gasteiger partial charge on any atom is 0.288 e. The van der Waals surface area contributed by atoms with Crippen LogP contribution < -0.4 is 5.73 Å². The highest BCUT2D eigenvalue weighted by Gasteiger charge is 2.06. The minimum absolute atomic E-state index is 0.141. The number of nitrogens with two attached hydrogens (primary N) is 1. The van der Waals surface area contributed by atoms with Gasteiger partial charge in [-0.05, 0) is 18.2 Å². The Labute approximate surface area is 71.8 Å². The van der Waals surface area contributed by atoms with Crippen molar-refractivity contribution in [1.82, 2.24) is 0 Å². The number of benzene rings is 1. The van der Waals surface area contributed by atoms with Crippen LogP contribution in [0.3, 0.4) is 0 Å². The Morgan fingerprint density at radius 1 is 1.25 bits per heavy atom. The molecule has 0 atom stereocenters. The van der Waals surface area contributed by atoms with Gasteiger partial charge in [0.15, 0.2) is 0 Å². The first-order valence-corrected chi connectivity index (χ1v) is 3.97. The van der Waals surface area contributed by atoms with E-state index >= 15 is 0 Å². The highest BCUT2D eigenvalue weighted by atomic mass is 32.2. The van der Waals surface area contributed by atoms with Gasteiger partial charge in [0.1, 0.15) is 5.82 Å². The highest BCUT2D eigenvalue weighted by molar-refractivity contribution is 7.99. The van der Waals surface area contributed by atoms with Crippen molar-refractivity contribution in [2.24, 2.45) is 0 Å². The van der Waals surface area contributed by atoms with Crippen molar-refractivity contribution in [1.29, 1.82) is 0 Å². The topological polar surface area (TPSA) is 26.0 Å². The highest BCUT2D eigenvalue weighted by Crippen LogP contribution is 2.27. The van der Waals surface area contributed by atoms with Crippen LogP contribution >= 0.6 is 11.8 Å². The molecule has 1 aromatic carbocycles. The van der Waals surface area contributed by atoms with E-state index in [9.17, 15) is 13.2 Å². The van der Waals surface area contributed by atoms with Crippen molar-refractivity contribution < 1.29 is 13.2 Å². The molecule has 12 heavy (non-hydrogen) atoms. The van der Waals surface area contributed by atoms with Crippen LogP contribution in [-0.4, -0.2) is 5.76 Å². The van der Waals surface area contributed by atoms with E-state index in [2.05, 4.69) is 0 Å². The third-order valence-electron chi connectivity index (χ3n) is 1.12. The van der Waals surface area contributed by atoms with Gasteiger partial charge in [0.25, 0.3) is 5.76 Å². The summed E-state index contributed by atoms with van der Waals surface area (Å²) >= 11 is 0.273. The molecule has 0 spiro atoms. The third-order valence-corrected chi connectivity index (χ3v) is 1.80. The van der Waals surface area contributed by atoms with E-state index in [4.69, 9.17) is 5.73 Å². The number of anilines is 1. The predicted molar refractivity (Wildman–Crippen MR) is 42.7 cm³/mol. The normalized spacial score (nSPS) is 10.7. The molecule has 0 aliphatic heterocycles. The van der Waals surface area contributed by atoms with Crippen LogP contribution in [0.1, 0.15) is 0 Å². The monoisotopic (exact) mass is 193 g/mol. The smallest absolute Gasteiger partial charge is 0.288 e. The summed E-state index contributed by atoms with van der Waals surface area (Å²) in [6.45, 7) is 0. The Morgan fingerprint density at radius 2 is 1.92 bits per heavy atom. The average Bonchev–Trinajstić information content (AvgIpc) is 1.81. The van der Waals surface area contributed by atoms with Crippen LogP contribution in [0.25, 0.3) is 0 Å². The Balaban J connectivity index is 2.85. The molecule has 0 bridgehead atoms. The molecule has 5 heteroatoms. The zero-order valence-electron chi connectivity index (χ0n) is 5.93. The zero-order valence-corrected chi connectivity index (χ0v) is 6.75. The lowest BCUT2D eigenvalue weighted by molar-refractivity contribution is 0.252. The van der Waals surface area contributed by atoms with E-state index in [1.54, 1.807) is 0 Å². The van der Waals surface area contributed by atoms with E-state index in [0.717, 1.165) is 12.1 Å². The van der Waals surface area contributed by atoms with Crippen molar-refractivity contribution in [2.75, 3.05) is 5.73 Å². The number of halogens is 3. The predicted octanol–water partition coefficient (Wildman–Crippen LogP) is 2.72. The second kappa shape index (κ2) is 3.71. The van der Waals surface area contributed by atoms with Gasteiger partial charge in [-0.15, -0.1) is 0 Å². The molecule has 2 N–H and O–H groups in total. The summed E-state index contributed by atoms with van der Waals surface area (Å²) in [5.74, 6) is -3.15. The largest absolute Gasteiger partial charge is 0.399 e. The second-order valence-corrected chi connectivity index (χ2v) is 3.16. The van der Waals surface area contributed by atoms with Gasteiger partial charge in [0.05, 0.1) is 0 Å². The van der Waals surface area contributed by atoms with Crippen LogP contribution in [0.5, 0.6) is 0 Å². The molecular formula is C7H6F3NS. The summed E-state index contributed by atoms with van der Waals surface area (Å²) < 4.78 is 36.1. The lowest BCUT2D eigenvalue weighted by Crippen LogP contribution is -1.89. The molecule has 1 nitrogen and oxygen atoms in total. The Bertz CT molecular complexity index is 257. The van der Waals surface area contributed by atoms with Crippen molar-refractivity contribution in [2.45, 2.75) is 10.7 Å². The van der Waals surface area contributed by atoms with Gasteiger partial charge in [0.2, 0.25) is 0 Å². The van der Waals surface area contributed by atoms with Crippen LogP contribution in [0.4, 0.5) is 18.9 Å². The summed E-state index contributed by atoms with van der Waals surface area (Å²) in [4.78, 5) is 0.141. The average molecular weight is 193 g/mol. The molecule has 0 aliphatic rings. The van der Waals surface area contributed by atoms with Gasteiger partial charge in [-0.1, -0.05) is 11.8 Å². The molecule has 0 unspecified atom stereocenters. The molecule has 0 saturated carbocycles. The van der Waals surface area contributed by atoms with E-state index in [0.29, 0.717) is 0 Å². The lowest BCUT2D eigenvalue weighted by Gasteiger charge is -2.01. The maximum absolute atomic E-state index is 12.5. The number of alkyl halides is 2. The fourth-order valence-electron chi connectivity index (χ4n) is 0.755.